The van der Waals surface area contributed by atoms with Gasteiger partial charge in [0.15, 0.2) is 17.3 Å². The Bertz CT molecular complexity index is 971. The molecule has 5 N–H and O–H groups in total. The first-order chi connectivity index (χ1) is 27.1. The first kappa shape index (κ1) is 75.4. The third-order valence-corrected chi connectivity index (χ3v) is 4.80. The number of thioether (sulfide) groups is 1. The van der Waals surface area contributed by atoms with Crippen molar-refractivity contribution in [2.24, 2.45) is 5.73 Å². The van der Waals surface area contributed by atoms with E-state index in [0.29, 0.717) is 39.0 Å². The summed E-state index contributed by atoms with van der Waals surface area (Å²) < 4.78 is 22.6. The van der Waals surface area contributed by atoms with Crippen LogP contribution in [0.1, 0.15) is 93.9 Å². The molecule has 0 aliphatic carbocycles. The Balaban J connectivity index is -0.0000000695. The van der Waals surface area contributed by atoms with E-state index in [1.54, 1.807) is 39.8 Å². The van der Waals surface area contributed by atoms with Crippen LogP contribution in [0.3, 0.4) is 0 Å². The molecule has 58 heavy (non-hydrogen) atoms. The quantitative estimate of drug-likeness (QED) is 0.0826. The van der Waals surface area contributed by atoms with E-state index in [2.05, 4.69) is 34.9 Å². The lowest BCUT2D eigenvalue weighted by Crippen LogP contribution is -2.38. The highest BCUT2D eigenvalue weighted by Crippen LogP contribution is 2.01. The van der Waals surface area contributed by atoms with Crippen molar-refractivity contribution >= 4 is 64.7 Å². The van der Waals surface area contributed by atoms with Crippen LogP contribution in [0, 0.1) is 0 Å². The van der Waals surface area contributed by atoms with E-state index in [-0.39, 0.29) is 72.6 Å². The normalized spacial score (nSPS) is 8.93. The number of nitrogens with one attached hydrogen (secondary N) is 3. The van der Waals surface area contributed by atoms with E-state index in [1.165, 1.54) is 62.8 Å². The van der Waals surface area contributed by atoms with Crippen LogP contribution in [0.25, 0.3) is 0 Å². The summed E-state index contributed by atoms with van der Waals surface area (Å²) >= 11 is 1.75. The zero-order valence-corrected chi connectivity index (χ0v) is 39.7. The van der Waals surface area contributed by atoms with Crippen LogP contribution in [0.4, 0.5) is 0 Å². The van der Waals surface area contributed by atoms with E-state index in [0.717, 1.165) is 25.5 Å². The summed E-state index contributed by atoms with van der Waals surface area (Å²) in [6.45, 7) is 13.8. The summed E-state index contributed by atoms with van der Waals surface area (Å²) in [5.74, 6) is -0.211. The number of ketones is 5. The van der Waals surface area contributed by atoms with Crippen molar-refractivity contribution < 1.29 is 66.8 Å². The van der Waals surface area contributed by atoms with Gasteiger partial charge in [0.1, 0.15) is 37.7 Å². The predicted octanol–water partition coefficient (Wildman–Crippen LogP) is 2.58. The molecule has 0 saturated heterocycles. The van der Waals surface area contributed by atoms with Crippen molar-refractivity contribution in [3.8, 4) is 0 Å². The van der Waals surface area contributed by atoms with Crippen LogP contribution < -0.4 is 21.7 Å². The molecule has 0 rings (SSSR count). The summed E-state index contributed by atoms with van der Waals surface area (Å²) in [7, 11) is 11.3. The van der Waals surface area contributed by atoms with Gasteiger partial charge in [-0.1, -0.05) is 0 Å². The smallest absolute Gasteiger partial charge is 0.302 e. The van der Waals surface area contributed by atoms with Crippen LogP contribution in [-0.4, -0.2) is 161 Å². The lowest BCUT2D eigenvalue weighted by atomic mass is 10.1. The second kappa shape index (κ2) is 71.3. The fraction of sp³-hybridized carbons (Fsp3) is 0.769. The Morgan fingerprint density at radius 1 is 0.655 bits per heavy atom. The fourth-order valence-corrected chi connectivity index (χ4v) is 2.39. The summed E-state index contributed by atoms with van der Waals surface area (Å²) in [6, 6.07) is -0.330. The Morgan fingerprint density at radius 2 is 1.07 bits per heavy atom. The van der Waals surface area contributed by atoms with Gasteiger partial charge in [0.2, 0.25) is 11.8 Å². The molecule has 0 aromatic heterocycles. The van der Waals surface area contributed by atoms with Crippen molar-refractivity contribution in [2.75, 3.05) is 102 Å². The molecule has 348 valence electrons. The number of methoxy groups -OCH3 is 4. The summed E-state index contributed by atoms with van der Waals surface area (Å²) in [5, 5.41) is 7.72. The molecule has 0 aliphatic heterocycles. The van der Waals surface area contributed by atoms with Crippen LogP contribution in [0.2, 0.25) is 0 Å². The number of amides is 2. The first-order valence-electron chi connectivity index (χ1n) is 18.2. The second-order valence-electron chi connectivity index (χ2n) is 11.2. The van der Waals surface area contributed by atoms with Crippen molar-refractivity contribution in [1.82, 2.24) is 16.0 Å². The van der Waals surface area contributed by atoms with E-state index < -0.39 is 0 Å². The number of rotatable bonds is 19. The van der Waals surface area contributed by atoms with E-state index in [9.17, 15) is 38.4 Å². The minimum atomic E-state index is -0.330. The number of carbonyl (C=O) groups excluding carboxylic acids is 9. The maximum Gasteiger partial charge on any atom is 0.302 e. The van der Waals surface area contributed by atoms with Gasteiger partial charge < -0.3 is 55.0 Å². The second-order valence-corrected chi connectivity index (χ2v) is 12.1. The SMILES string of the molecule is CC(=O)NC(CCCCN)C(C)=O.CC=O.CNC.CNC(=O)COCC(C)=O.COC(C)=O.COCC(C)=O.COCCC(C)=O.COCCCC(C)=O.CSC. The molecule has 0 saturated carbocycles. The first-order valence-corrected chi connectivity index (χ1v) is 19.8. The highest BCUT2D eigenvalue weighted by molar-refractivity contribution is 7.97. The number of ether oxygens (including phenoxy) is 5. The van der Waals surface area contributed by atoms with E-state index in [4.69, 9.17) is 15.3 Å². The number of likely N-dealkylation sites (N-methyl/N-ethyl adjacent to an activating group) is 1. The van der Waals surface area contributed by atoms with Crippen molar-refractivity contribution in [3.05, 3.63) is 0 Å². The molecule has 0 spiro atoms. The molecular formula is C39H82N4O14S. The van der Waals surface area contributed by atoms with Gasteiger partial charge in [0.05, 0.1) is 19.8 Å². The summed E-state index contributed by atoms with van der Waals surface area (Å²) in [4.78, 5) is 91.1. The Kier molecular flexibility index (Phi) is 92.6. The van der Waals surface area contributed by atoms with Crippen molar-refractivity contribution in [2.45, 2.75) is 100.0 Å². The standard InChI is InChI=1S/C9H18N2O2.C6H11NO3.C6H12O2.C5H10O2.C4H8O2.C3H6O2.C2H7N.C2H4O.C2H6S/c1-7(12)9(11-8(2)13)5-3-4-6-10;1-5(8)3-10-4-6(9)7-2;1-6(7)4-3-5-8-2;1-5(6)3-4-7-2;1-4(5)3-6-2;1-3(4)5-2;1-3-2;1-2-3;1-3-2/h9H,3-6,10H2,1-2H3,(H,11,13);3-4H2,1-2H3,(H,7,9);3-5H2,1-2H3;3-4H2,1-2H3;3H2,1-2H3;1-2H3;3H,1-2H3;2H,1H3;1-2H3. The average Bonchev–Trinajstić information content (AvgIpc) is 3.12. The summed E-state index contributed by atoms with van der Waals surface area (Å²) in [5.41, 5.74) is 5.32. The molecule has 2 amide bonds. The van der Waals surface area contributed by atoms with Gasteiger partial charge in [-0.3, -0.25) is 33.6 Å². The van der Waals surface area contributed by atoms with Crippen LogP contribution in [-0.2, 0) is 66.8 Å². The number of Topliss-reactive ketones (excluding diaryl/α,β-unsaturated/α-hetero) is 5. The summed E-state index contributed by atoms with van der Waals surface area (Å²) in [6.07, 6.45) is 9.33. The Morgan fingerprint density at radius 3 is 1.29 bits per heavy atom. The highest BCUT2D eigenvalue weighted by atomic mass is 32.2. The largest absolute Gasteiger partial charge is 0.469 e. The number of nitrogens with two attached hydrogens (primary N) is 1. The minimum Gasteiger partial charge on any atom is -0.469 e. The van der Waals surface area contributed by atoms with Gasteiger partial charge in [0, 0.05) is 61.7 Å². The Labute approximate surface area is 354 Å². The Hall–Kier alpha value is -3.46. The zero-order valence-electron chi connectivity index (χ0n) is 38.8. The van der Waals surface area contributed by atoms with Gasteiger partial charge >= 0.3 is 5.97 Å². The molecule has 0 bridgehead atoms. The monoisotopic (exact) mass is 863 g/mol. The number of hydrogen-bond donors (Lipinski definition) is 4. The maximum absolute atomic E-state index is 11.0. The van der Waals surface area contributed by atoms with Gasteiger partial charge in [-0.2, -0.15) is 11.8 Å². The molecule has 0 aromatic rings. The number of hydrogen-bond acceptors (Lipinski definition) is 17. The number of esters is 1. The number of carbonyl (C=O) groups is 9. The van der Waals surface area contributed by atoms with Crippen LogP contribution >= 0.6 is 11.8 Å². The predicted molar refractivity (Wildman–Crippen MR) is 232 cm³/mol. The topological polar surface area (TPSA) is 262 Å². The van der Waals surface area contributed by atoms with Gasteiger partial charge in [0.25, 0.3) is 0 Å². The highest BCUT2D eigenvalue weighted by Gasteiger charge is 2.13. The van der Waals surface area contributed by atoms with Crippen LogP contribution in [0.15, 0.2) is 0 Å². The van der Waals surface area contributed by atoms with Crippen molar-refractivity contribution in [3.63, 3.8) is 0 Å². The molecule has 18 nitrogen and oxygen atoms in total. The minimum absolute atomic E-state index is 0.00669. The van der Waals surface area contributed by atoms with Gasteiger partial charge in [-0.05, 0) is 100 Å². The maximum atomic E-state index is 11.0. The molecule has 1 unspecified atom stereocenters. The lowest BCUT2D eigenvalue weighted by molar-refractivity contribution is -0.138. The molecule has 0 aliphatic rings. The third kappa shape index (κ3) is 140. The molecule has 0 fully saturated rings. The van der Waals surface area contributed by atoms with Crippen molar-refractivity contribution in [1.29, 1.82) is 0 Å². The van der Waals surface area contributed by atoms with Gasteiger partial charge in [-0.25, -0.2) is 0 Å². The molecule has 1 atom stereocenters. The number of unbranched alkanes of at least 4 members (excludes halogenated alkanes) is 1. The zero-order chi connectivity index (χ0) is 47.8. The molecular weight excluding hydrogens is 781 g/mol. The molecule has 0 radical (unpaired) electrons. The lowest BCUT2D eigenvalue weighted by Gasteiger charge is -2.13. The molecule has 0 heterocycles. The van der Waals surface area contributed by atoms with Gasteiger partial charge in [-0.15, -0.1) is 0 Å². The fourth-order valence-electron chi connectivity index (χ4n) is 2.39. The third-order valence-electron chi connectivity index (χ3n) is 4.80. The van der Waals surface area contributed by atoms with Crippen LogP contribution in [0.5, 0.6) is 0 Å². The van der Waals surface area contributed by atoms with E-state index in [1.807, 2.05) is 26.6 Å². The average molecular weight is 863 g/mol. The molecule has 19 heteroatoms. The van der Waals surface area contributed by atoms with E-state index >= 15 is 0 Å². The number of aldehydes is 1. The molecule has 0 aromatic carbocycles.